The predicted molar refractivity (Wildman–Crippen MR) is 112 cm³/mol. The average molecular weight is 410 g/mol. The molecule has 0 saturated carbocycles. The zero-order chi connectivity index (χ0) is 20.4. The lowest BCUT2D eigenvalue weighted by Crippen LogP contribution is -2.24. The average Bonchev–Trinajstić information content (AvgIpc) is 2.74. The summed E-state index contributed by atoms with van der Waals surface area (Å²) in [6.07, 6.45) is 3.50. The third-order valence-electron chi connectivity index (χ3n) is 5.36. The molecular formula is C22H23N3O3S. The molecule has 1 aromatic heterocycles. The summed E-state index contributed by atoms with van der Waals surface area (Å²) >= 11 is 0. The Morgan fingerprint density at radius 1 is 1.03 bits per heavy atom. The summed E-state index contributed by atoms with van der Waals surface area (Å²) in [4.78, 5) is 12.3. The highest BCUT2D eigenvalue weighted by Gasteiger charge is 2.22. The van der Waals surface area contributed by atoms with Crippen molar-refractivity contribution < 1.29 is 8.42 Å². The summed E-state index contributed by atoms with van der Waals surface area (Å²) in [5.74, 6) is 0. The van der Waals surface area contributed by atoms with Gasteiger partial charge in [-0.15, -0.1) is 0 Å². The number of aryl methyl sites for hydroxylation is 1. The van der Waals surface area contributed by atoms with Crippen molar-refractivity contribution in [2.75, 3.05) is 0 Å². The number of benzene rings is 2. The molecule has 0 unspecified atom stereocenters. The zero-order valence-corrected chi connectivity index (χ0v) is 17.1. The van der Waals surface area contributed by atoms with E-state index < -0.39 is 10.0 Å². The van der Waals surface area contributed by atoms with E-state index in [2.05, 4.69) is 14.9 Å². The summed E-state index contributed by atoms with van der Waals surface area (Å²) < 4.78 is 28.6. The fraction of sp³-hybridized carbons (Fsp3) is 0.273. The Kier molecular flexibility index (Phi) is 5.34. The number of sulfonamides is 1. The molecule has 1 heterocycles. The summed E-state index contributed by atoms with van der Waals surface area (Å²) in [7, 11) is -3.70. The Balaban J connectivity index is 1.71. The predicted octanol–water partition coefficient (Wildman–Crippen LogP) is 3.10. The van der Waals surface area contributed by atoms with Crippen LogP contribution in [0.4, 0.5) is 0 Å². The van der Waals surface area contributed by atoms with Gasteiger partial charge in [0.05, 0.1) is 10.6 Å². The van der Waals surface area contributed by atoms with Crippen molar-refractivity contribution >= 4 is 10.0 Å². The van der Waals surface area contributed by atoms with Crippen LogP contribution in [-0.2, 0) is 29.4 Å². The lowest BCUT2D eigenvalue weighted by Gasteiger charge is -2.18. The fourth-order valence-corrected chi connectivity index (χ4v) is 5.07. The monoisotopic (exact) mass is 409 g/mol. The highest BCUT2D eigenvalue weighted by molar-refractivity contribution is 7.89. The molecule has 7 heteroatoms. The maximum absolute atomic E-state index is 13.0. The molecule has 4 rings (SSSR count). The fourth-order valence-electron chi connectivity index (χ4n) is 3.79. The molecule has 0 spiro atoms. The number of rotatable bonds is 5. The minimum Gasteiger partial charge on any atom is -0.268 e. The van der Waals surface area contributed by atoms with Gasteiger partial charge in [0.1, 0.15) is 0 Å². The molecule has 1 aliphatic rings. The molecule has 0 atom stereocenters. The second-order valence-corrected chi connectivity index (χ2v) is 9.09. The molecular weight excluding hydrogens is 386 g/mol. The van der Waals surface area contributed by atoms with Crippen molar-refractivity contribution in [3.8, 4) is 11.3 Å². The highest BCUT2D eigenvalue weighted by atomic mass is 32.2. The van der Waals surface area contributed by atoms with E-state index >= 15 is 0 Å². The molecule has 0 saturated heterocycles. The second-order valence-electron chi connectivity index (χ2n) is 7.36. The Labute approximate surface area is 170 Å². The van der Waals surface area contributed by atoms with Gasteiger partial charge in [-0.25, -0.2) is 18.2 Å². The van der Waals surface area contributed by atoms with E-state index in [0.29, 0.717) is 16.8 Å². The Hall–Kier alpha value is -2.77. The van der Waals surface area contributed by atoms with Gasteiger partial charge in [-0.3, -0.25) is 4.79 Å². The van der Waals surface area contributed by atoms with Crippen LogP contribution in [-0.4, -0.2) is 18.6 Å². The number of nitrogens with one attached hydrogen (secondary N) is 2. The van der Waals surface area contributed by atoms with E-state index in [0.717, 1.165) is 42.4 Å². The van der Waals surface area contributed by atoms with Gasteiger partial charge in [0.2, 0.25) is 10.0 Å². The Morgan fingerprint density at radius 2 is 1.76 bits per heavy atom. The Bertz CT molecular complexity index is 1200. The van der Waals surface area contributed by atoms with Crippen LogP contribution in [0.15, 0.2) is 58.2 Å². The third kappa shape index (κ3) is 4.02. The van der Waals surface area contributed by atoms with E-state index in [1.165, 1.54) is 0 Å². The van der Waals surface area contributed by atoms with Crippen LogP contribution >= 0.6 is 0 Å². The Morgan fingerprint density at radius 3 is 2.52 bits per heavy atom. The number of aromatic nitrogens is 2. The van der Waals surface area contributed by atoms with E-state index in [1.54, 1.807) is 19.1 Å². The summed E-state index contributed by atoms with van der Waals surface area (Å²) in [5.41, 5.74) is 4.48. The summed E-state index contributed by atoms with van der Waals surface area (Å²) in [6, 6.07) is 14.7. The molecule has 29 heavy (non-hydrogen) atoms. The third-order valence-corrected chi connectivity index (χ3v) is 6.90. The maximum Gasteiger partial charge on any atom is 0.267 e. The maximum atomic E-state index is 13.0. The molecule has 0 radical (unpaired) electrons. The molecule has 2 aromatic carbocycles. The van der Waals surface area contributed by atoms with Crippen LogP contribution in [0.1, 0.15) is 35.1 Å². The second kappa shape index (κ2) is 7.93. The standard InChI is InChI=1S/C22H23N3O3S/c1-15-11-12-17(21-18-9-5-6-10-19(18)22(26)25-24-21)13-20(15)29(27,28)23-14-16-7-3-2-4-8-16/h2-4,7-8,11-13,23H,5-6,9-10,14H2,1H3,(H,25,26). The van der Waals surface area contributed by atoms with Crippen molar-refractivity contribution in [1.29, 1.82) is 0 Å². The largest absolute Gasteiger partial charge is 0.268 e. The topological polar surface area (TPSA) is 91.9 Å². The van der Waals surface area contributed by atoms with Crippen LogP contribution < -0.4 is 10.3 Å². The lowest BCUT2D eigenvalue weighted by atomic mass is 9.90. The molecule has 0 aliphatic heterocycles. The van der Waals surface area contributed by atoms with Gasteiger partial charge in [0.15, 0.2) is 0 Å². The van der Waals surface area contributed by atoms with Gasteiger partial charge >= 0.3 is 0 Å². The van der Waals surface area contributed by atoms with Crippen molar-refractivity contribution in [3.63, 3.8) is 0 Å². The molecule has 3 aromatic rings. The van der Waals surface area contributed by atoms with Crippen molar-refractivity contribution in [1.82, 2.24) is 14.9 Å². The minimum absolute atomic E-state index is 0.145. The van der Waals surface area contributed by atoms with Crippen molar-refractivity contribution in [3.05, 3.63) is 81.1 Å². The molecule has 0 amide bonds. The first-order chi connectivity index (χ1) is 14.0. The van der Waals surface area contributed by atoms with Crippen molar-refractivity contribution in [2.45, 2.75) is 44.0 Å². The normalized spacial score (nSPS) is 13.8. The summed E-state index contributed by atoms with van der Waals surface area (Å²) in [6.45, 7) is 2.00. The molecule has 1 aliphatic carbocycles. The van der Waals surface area contributed by atoms with E-state index in [1.807, 2.05) is 36.4 Å². The van der Waals surface area contributed by atoms with Crippen LogP contribution in [0.2, 0.25) is 0 Å². The van der Waals surface area contributed by atoms with Crippen LogP contribution in [0.3, 0.4) is 0 Å². The van der Waals surface area contributed by atoms with Gasteiger partial charge in [-0.2, -0.15) is 5.10 Å². The van der Waals surface area contributed by atoms with Crippen LogP contribution in [0.25, 0.3) is 11.3 Å². The number of fused-ring (bicyclic) bond motifs is 1. The quantitative estimate of drug-likeness (QED) is 0.677. The highest BCUT2D eigenvalue weighted by Crippen LogP contribution is 2.30. The molecule has 150 valence electrons. The number of aromatic amines is 1. The van der Waals surface area contributed by atoms with E-state index in [9.17, 15) is 13.2 Å². The number of hydrogen-bond donors (Lipinski definition) is 2. The van der Waals surface area contributed by atoms with Gasteiger partial charge in [-0.05, 0) is 55.4 Å². The smallest absolute Gasteiger partial charge is 0.267 e. The molecule has 0 bridgehead atoms. The van der Waals surface area contributed by atoms with Gasteiger partial charge in [-0.1, -0.05) is 42.5 Å². The molecule has 2 N–H and O–H groups in total. The lowest BCUT2D eigenvalue weighted by molar-refractivity contribution is 0.580. The van der Waals surface area contributed by atoms with Crippen molar-refractivity contribution in [2.24, 2.45) is 0 Å². The molecule has 0 fully saturated rings. The SMILES string of the molecule is Cc1ccc(-c2n[nH]c(=O)c3c2CCCC3)cc1S(=O)(=O)NCc1ccccc1. The van der Waals surface area contributed by atoms with E-state index in [-0.39, 0.29) is 17.0 Å². The van der Waals surface area contributed by atoms with Gasteiger partial charge < -0.3 is 0 Å². The van der Waals surface area contributed by atoms with E-state index in [4.69, 9.17) is 0 Å². The number of hydrogen-bond acceptors (Lipinski definition) is 4. The van der Waals surface area contributed by atoms with Gasteiger partial charge in [0.25, 0.3) is 5.56 Å². The number of nitrogens with zero attached hydrogens (tertiary/aromatic N) is 1. The first-order valence-corrected chi connectivity index (χ1v) is 11.2. The number of H-pyrrole nitrogens is 1. The van der Waals surface area contributed by atoms with Crippen LogP contribution in [0, 0.1) is 6.92 Å². The summed E-state index contributed by atoms with van der Waals surface area (Å²) in [5, 5.41) is 6.83. The first kappa shape index (κ1) is 19.5. The molecule has 6 nitrogen and oxygen atoms in total. The van der Waals surface area contributed by atoms with Gasteiger partial charge in [0, 0.05) is 17.7 Å². The van der Waals surface area contributed by atoms with Crippen LogP contribution in [0.5, 0.6) is 0 Å². The zero-order valence-electron chi connectivity index (χ0n) is 16.2. The minimum atomic E-state index is -3.70. The first-order valence-electron chi connectivity index (χ1n) is 9.71.